The largest absolute Gasteiger partial charge is 0 e. The third-order valence-electron chi connectivity index (χ3n) is 0. The summed E-state index contributed by atoms with van der Waals surface area (Å²) in [4.78, 5) is 0. The Morgan fingerprint density at radius 3 is 1.25 bits per heavy atom. The van der Waals surface area contributed by atoms with Gasteiger partial charge in [-0.05, 0) is 0 Å². The van der Waals surface area contributed by atoms with Crippen molar-refractivity contribution in [1.82, 2.24) is 0 Å². The Morgan fingerprint density at radius 1 is 1.25 bits per heavy atom. The molecule has 0 radical (unpaired) electrons. The van der Waals surface area contributed by atoms with Gasteiger partial charge < -0.3 is 0 Å². The molecule has 0 saturated carbocycles. The van der Waals surface area contributed by atoms with E-state index >= 15 is 0 Å². The molecule has 0 heterocycles. The monoisotopic (exact) mass is 408 g/mol. The first-order valence-electron chi connectivity index (χ1n) is 0.258. The summed E-state index contributed by atoms with van der Waals surface area (Å²) in [5, 5.41) is 0. The van der Waals surface area contributed by atoms with Crippen molar-refractivity contribution in [2.24, 2.45) is 0 Å². The zero-order valence-electron chi connectivity index (χ0n) is 1.43. The molecule has 0 aromatic rings. The van der Waals surface area contributed by atoms with Crippen LogP contribution < -0.4 is 0 Å². The van der Waals surface area contributed by atoms with Gasteiger partial charge in [0.2, 0.25) is 0 Å². The average molecular weight is 407 g/mol. The zero-order chi connectivity index (χ0) is 2.00. The molecule has 0 nitrogen and oxygen atoms in total. The maximum absolute atomic E-state index is 2.35. The van der Waals surface area contributed by atoms with Crippen molar-refractivity contribution in [3.05, 3.63) is 0 Å². The molecule has 0 bridgehead atoms. The van der Waals surface area contributed by atoms with Gasteiger partial charge in [-0.1, -0.05) is 0 Å². The fraction of sp³-hybridized carbons (Fsp3) is 0. The molecular weight excluding hydrogens is 403 g/mol. The second kappa shape index (κ2) is 16.3. The maximum Gasteiger partial charge on any atom is 0 e. The molecule has 0 amide bonds. The molecule has 0 aromatic heterocycles. The molecule has 0 saturated heterocycles. The van der Waals surface area contributed by atoms with Crippen LogP contribution in [0.5, 0.6) is 0 Å². The molecule has 4 heavy (non-hydrogen) atoms. The topological polar surface area (TPSA) is 0 Å². The zero-order valence-corrected chi connectivity index (χ0v) is 6.92. The summed E-state index contributed by atoms with van der Waals surface area (Å²) in [6, 6.07) is 0. The summed E-state index contributed by atoms with van der Waals surface area (Å²) in [6.07, 6.45) is 0. The van der Waals surface area contributed by atoms with E-state index in [1.165, 1.54) is 0 Å². The van der Waals surface area contributed by atoms with E-state index in [0.29, 0.717) is 0 Å². The van der Waals surface area contributed by atoms with Crippen LogP contribution >= 0.6 is 7.71 Å². The normalized spacial score (nSPS) is 1.25. The molecule has 4 heteroatoms. The van der Waals surface area contributed by atoms with Gasteiger partial charge in [-0.2, -0.15) is 0 Å². The standard InChI is InChI=1S/Ba.H2P.V.W.2H/h;1H2;;;;/q;-1;+1;;;. The van der Waals surface area contributed by atoms with Crippen molar-refractivity contribution in [3.8, 4) is 0 Å². The molecule has 0 aromatic carbocycles. The molecule has 0 rings (SSSR count). The van der Waals surface area contributed by atoms with Gasteiger partial charge in [0.05, 0.1) is 0 Å². The Hall–Kier alpha value is 3.27. The van der Waals surface area contributed by atoms with E-state index in [1.807, 2.05) is 0 Å². The molecular formula is H4BaPVW. The molecule has 0 fully saturated rings. The second-order valence-corrected chi connectivity index (χ2v) is 0. The summed E-state index contributed by atoms with van der Waals surface area (Å²) >= 11 is 2.23. The summed E-state index contributed by atoms with van der Waals surface area (Å²) in [6.45, 7) is 0. The van der Waals surface area contributed by atoms with E-state index in [0.717, 1.165) is 0 Å². The van der Waals surface area contributed by atoms with Crippen LogP contribution in [0, 0.1) is 0 Å². The third kappa shape index (κ3) is 8.99. The van der Waals surface area contributed by atoms with Gasteiger partial charge in [0.25, 0.3) is 0 Å². The van der Waals surface area contributed by atoms with E-state index in [1.54, 1.807) is 0 Å². The number of hydrogen-bond donors (Lipinski definition) is 0. The fourth-order valence-corrected chi connectivity index (χ4v) is 0. The molecule has 1 atom stereocenters. The molecule has 22 valence electrons. The SMILES string of the molecule is [BaH2].[PH2][V].[W]. The second-order valence-electron chi connectivity index (χ2n) is 0. The minimum absolute atomic E-state index is 0. The quantitative estimate of drug-likeness (QED) is 0.372. The van der Waals surface area contributed by atoms with Gasteiger partial charge in [-0.15, -0.1) is 0 Å². The Morgan fingerprint density at radius 2 is 1.25 bits per heavy atom. The summed E-state index contributed by atoms with van der Waals surface area (Å²) < 4.78 is 0. The van der Waals surface area contributed by atoms with Crippen LogP contribution in [0.15, 0.2) is 0 Å². The molecule has 0 spiro atoms. The van der Waals surface area contributed by atoms with Crippen LogP contribution in [0.4, 0.5) is 0 Å². The number of rotatable bonds is 0. The van der Waals surface area contributed by atoms with Crippen molar-refractivity contribution in [1.29, 1.82) is 0 Å². The number of hydrogen-bond acceptors (Lipinski definition) is 0. The van der Waals surface area contributed by atoms with Gasteiger partial charge in [0, 0.05) is 21.1 Å². The summed E-state index contributed by atoms with van der Waals surface area (Å²) in [5.41, 5.74) is 0. The average Bonchev–Trinajstić information content (AvgIpc) is 1.00. The van der Waals surface area contributed by atoms with Gasteiger partial charge in [-0.25, -0.2) is 0 Å². The van der Waals surface area contributed by atoms with Crippen molar-refractivity contribution < 1.29 is 38.0 Å². The molecule has 1 unspecified atom stereocenters. The van der Waals surface area contributed by atoms with Crippen LogP contribution in [-0.2, 0) is 38.0 Å². The Labute approximate surface area is 92.3 Å². The van der Waals surface area contributed by atoms with Crippen LogP contribution in [-0.4, -0.2) is 48.9 Å². The molecule has 0 aliphatic heterocycles. The van der Waals surface area contributed by atoms with Crippen LogP contribution in [0.2, 0.25) is 0 Å². The van der Waals surface area contributed by atoms with Gasteiger partial charge in [0.15, 0.2) is 0 Å². The summed E-state index contributed by atoms with van der Waals surface area (Å²) in [5.74, 6) is 0. The van der Waals surface area contributed by atoms with Crippen LogP contribution in [0.25, 0.3) is 0 Å². The Kier molecular flexibility index (Phi) is 63.8. The minimum atomic E-state index is 0. The minimum Gasteiger partial charge on any atom is 0 e. The van der Waals surface area contributed by atoms with Crippen molar-refractivity contribution >= 4 is 56.6 Å². The Bertz CT molecular complexity index is 8.00. The molecule has 0 N–H and O–H groups in total. The van der Waals surface area contributed by atoms with E-state index in [-0.39, 0.29) is 69.9 Å². The first-order chi connectivity index (χ1) is 1.00. The first kappa shape index (κ1) is 15.7. The van der Waals surface area contributed by atoms with E-state index in [4.69, 9.17) is 0 Å². The van der Waals surface area contributed by atoms with Crippen molar-refractivity contribution in [2.75, 3.05) is 0 Å². The van der Waals surface area contributed by atoms with Gasteiger partial charge in [0.1, 0.15) is 0 Å². The van der Waals surface area contributed by atoms with E-state index in [2.05, 4.69) is 24.7 Å². The van der Waals surface area contributed by atoms with Gasteiger partial charge >= 0.3 is 73.5 Å². The van der Waals surface area contributed by atoms with Crippen LogP contribution in [0.1, 0.15) is 0 Å². The van der Waals surface area contributed by atoms with E-state index in [9.17, 15) is 0 Å². The fourth-order valence-electron chi connectivity index (χ4n) is 0. The van der Waals surface area contributed by atoms with E-state index < -0.39 is 0 Å². The van der Waals surface area contributed by atoms with Crippen molar-refractivity contribution in [3.63, 3.8) is 0 Å². The molecule has 0 aliphatic carbocycles. The van der Waals surface area contributed by atoms with Crippen LogP contribution in [0.3, 0.4) is 0 Å². The maximum atomic E-state index is 2.35. The third-order valence-corrected chi connectivity index (χ3v) is 0. The predicted octanol–water partition coefficient (Wildman–Crippen LogP) is -0.595. The summed E-state index contributed by atoms with van der Waals surface area (Å²) in [7, 11) is 2.35. The van der Waals surface area contributed by atoms with Crippen molar-refractivity contribution in [2.45, 2.75) is 0 Å². The smallest absolute Gasteiger partial charge is 0 e. The molecule has 0 aliphatic rings. The Balaban J connectivity index is -0.00000000500. The predicted molar refractivity (Wildman–Crippen MR) is 18.3 cm³/mol. The first-order valence-corrected chi connectivity index (χ1v) is 3.19. The van der Waals surface area contributed by atoms with Gasteiger partial charge in [-0.3, -0.25) is 0 Å².